The van der Waals surface area contributed by atoms with Crippen molar-refractivity contribution in [2.45, 2.75) is 25.3 Å². The van der Waals surface area contributed by atoms with Gasteiger partial charge in [-0.25, -0.2) is 4.79 Å². The molecule has 23 heavy (non-hydrogen) atoms. The summed E-state index contributed by atoms with van der Waals surface area (Å²) in [5.74, 6) is 0.756. The lowest BCUT2D eigenvalue weighted by Gasteiger charge is -2.31. The van der Waals surface area contributed by atoms with Crippen LogP contribution >= 0.6 is 0 Å². The van der Waals surface area contributed by atoms with Crippen molar-refractivity contribution >= 4 is 17.7 Å². The maximum absolute atomic E-state index is 11.4. The Bertz CT molecular complexity index is 605. The number of hydrogen-bond acceptors (Lipinski definition) is 4. The van der Waals surface area contributed by atoms with Crippen LogP contribution in [0.5, 0.6) is 5.75 Å². The first-order valence-corrected chi connectivity index (χ1v) is 7.88. The predicted octanol–water partition coefficient (Wildman–Crippen LogP) is 1.29. The molecule has 1 atom stereocenters. The first-order valence-electron chi connectivity index (χ1n) is 7.88. The smallest absolute Gasteiger partial charge is 0.407 e. The Morgan fingerprint density at radius 3 is 3.09 bits per heavy atom. The second-order valence-electron chi connectivity index (χ2n) is 5.88. The number of nitrogens with zero attached hydrogens (tertiary/aromatic N) is 1. The van der Waals surface area contributed by atoms with Gasteiger partial charge < -0.3 is 25.4 Å². The summed E-state index contributed by atoms with van der Waals surface area (Å²) < 4.78 is 5.75. The van der Waals surface area contributed by atoms with Crippen LogP contribution in [0, 0.1) is 0 Å². The molecule has 3 N–H and O–H groups in total. The molecule has 7 heteroatoms. The molecule has 1 aromatic rings. The number of ether oxygens (including phenoxy) is 1. The Labute approximate surface area is 134 Å². The standard InChI is InChI=1S/C16H21N3O4/c20-15-4-2-11-1-3-13(9-14(11)18-15)23-8-5-12-10-19(16(21)22)7-6-17-12/h1,3,9,12,17H,2,4-8,10H2,(H,18,20)(H,21,22)/t12-/m1/s1. The topological polar surface area (TPSA) is 90.9 Å². The number of carbonyl (C=O) groups is 2. The molecule has 1 fully saturated rings. The molecule has 0 unspecified atom stereocenters. The van der Waals surface area contributed by atoms with Crippen LogP contribution in [0.15, 0.2) is 18.2 Å². The van der Waals surface area contributed by atoms with Crippen LogP contribution in [0.25, 0.3) is 0 Å². The molecule has 3 rings (SSSR count). The summed E-state index contributed by atoms with van der Waals surface area (Å²) in [6.07, 6.45) is 1.15. The SMILES string of the molecule is O=C1CCc2ccc(OCC[C@@H]3CN(C(=O)O)CCN3)cc2N1. The third kappa shape index (κ3) is 3.92. The molecular weight excluding hydrogens is 298 g/mol. The molecule has 0 radical (unpaired) electrons. The van der Waals surface area contributed by atoms with Crippen molar-refractivity contribution in [2.75, 3.05) is 31.6 Å². The Kier molecular flexibility index (Phi) is 4.66. The van der Waals surface area contributed by atoms with Crippen LogP contribution in [-0.4, -0.2) is 54.3 Å². The summed E-state index contributed by atoms with van der Waals surface area (Å²) in [4.78, 5) is 23.8. The van der Waals surface area contributed by atoms with Crippen molar-refractivity contribution in [1.29, 1.82) is 0 Å². The highest BCUT2D eigenvalue weighted by Crippen LogP contribution is 2.27. The zero-order valence-electron chi connectivity index (χ0n) is 12.9. The largest absolute Gasteiger partial charge is 0.493 e. The molecule has 0 spiro atoms. The fourth-order valence-electron chi connectivity index (χ4n) is 2.95. The number of anilines is 1. The molecule has 2 amide bonds. The van der Waals surface area contributed by atoms with Gasteiger partial charge in [0.25, 0.3) is 0 Å². The third-order valence-electron chi connectivity index (χ3n) is 4.24. The minimum Gasteiger partial charge on any atom is -0.493 e. The Hall–Kier alpha value is -2.28. The number of carboxylic acid groups (broad SMARTS) is 1. The van der Waals surface area contributed by atoms with Crippen molar-refractivity contribution in [1.82, 2.24) is 10.2 Å². The molecular formula is C16H21N3O4. The second-order valence-corrected chi connectivity index (χ2v) is 5.88. The van der Waals surface area contributed by atoms with Gasteiger partial charge in [-0.3, -0.25) is 4.79 Å². The van der Waals surface area contributed by atoms with E-state index in [2.05, 4.69) is 10.6 Å². The van der Waals surface area contributed by atoms with Gasteiger partial charge in [0, 0.05) is 43.9 Å². The number of rotatable bonds is 4. The fraction of sp³-hybridized carbons (Fsp3) is 0.500. The van der Waals surface area contributed by atoms with Gasteiger partial charge >= 0.3 is 6.09 Å². The summed E-state index contributed by atoms with van der Waals surface area (Å²) in [7, 11) is 0. The lowest BCUT2D eigenvalue weighted by atomic mass is 10.0. The van der Waals surface area contributed by atoms with Gasteiger partial charge in [-0.2, -0.15) is 0 Å². The maximum Gasteiger partial charge on any atom is 0.407 e. The lowest BCUT2D eigenvalue weighted by Crippen LogP contribution is -2.52. The summed E-state index contributed by atoms with van der Waals surface area (Å²) >= 11 is 0. The van der Waals surface area contributed by atoms with Crippen molar-refractivity contribution in [3.05, 3.63) is 23.8 Å². The molecule has 2 aliphatic rings. The molecule has 124 valence electrons. The number of hydrogen-bond donors (Lipinski definition) is 3. The van der Waals surface area contributed by atoms with Crippen LogP contribution < -0.4 is 15.4 Å². The van der Waals surface area contributed by atoms with E-state index in [0.717, 1.165) is 29.8 Å². The van der Waals surface area contributed by atoms with Gasteiger partial charge in [0.1, 0.15) is 5.75 Å². The van der Waals surface area contributed by atoms with Gasteiger partial charge in [-0.15, -0.1) is 0 Å². The van der Waals surface area contributed by atoms with E-state index in [1.165, 1.54) is 4.90 Å². The first kappa shape index (κ1) is 15.6. The Morgan fingerprint density at radius 1 is 1.39 bits per heavy atom. The zero-order chi connectivity index (χ0) is 16.2. The molecule has 0 aliphatic carbocycles. The normalized spacial score (nSPS) is 20.6. The number of benzene rings is 1. The average Bonchev–Trinajstić information content (AvgIpc) is 2.54. The molecule has 2 heterocycles. The van der Waals surface area contributed by atoms with E-state index in [0.29, 0.717) is 32.7 Å². The zero-order valence-corrected chi connectivity index (χ0v) is 12.9. The number of nitrogens with one attached hydrogen (secondary N) is 2. The van der Waals surface area contributed by atoms with Gasteiger partial charge in [0.15, 0.2) is 0 Å². The number of carbonyl (C=O) groups excluding carboxylic acids is 1. The minimum absolute atomic E-state index is 0.0369. The summed E-state index contributed by atoms with van der Waals surface area (Å²) in [5, 5.41) is 15.2. The monoisotopic (exact) mass is 319 g/mol. The van der Waals surface area contributed by atoms with Crippen LogP contribution in [0.4, 0.5) is 10.5 Å². The second kappa shape index (κ2) is 6.87. The summed E-state index contributed by atoms with van der Waals surface area (Å²) in [6.45, 7) is 2.18. The average molecular weight is 319 g/mol. The Balaban J connectivity index is 1.50. The van der Waals surface area contributed by atoms with Crippen molar-refractivity contribution in [3.8, 4) is 5.75 Å². The van der Waals surface area contributed by atoms with Crippen LogP contribution in [0.1, 0.15) is 18.4 Å². The van der Waals surface area contributed by atoms with Gasteiger partial charge in [0.2, 0.25) is 5.91 Å². The van der Waals surface area contributed by atoms with E-state index in [1.807, 2.05) is 18.2 Å². The highest BCUT2D eigenvalue weighted by molar-refractivity contribution is 5.94. The number of piperazine rings is 1. The lowest BCUT2D eigenvalue weighted by molar-refractivity contribution is -0.116. The van der Waals surface area contributed by atoms with Crippen molar-refractivity contribution in [3.63, 3.8) is 0 Å². The van der Waals surface area contributed by atoms with Gasteiger partial charge in [-0.05, 0) is 24.5 Å². The highest BCUT2D eigenvalue weighted by atomic mass is 16.5. The minimum atomic E-state index is -0.872. The van der Waals surface area contributed by atoms with Gasteiger partial charge in [-0.1, -0.05) is 6.07 Å². The molecule has 0 aromatic heterocycles. The quantitative estimate of drug-likeness (QED) is 0.778. The number of fused-ring (bicyclic) bond motifs is 1. The van der Waals surface area contributed by atoms with Crippen LogP contribution in [0.2, 0.25) is 0 Å². The van der Waals surface area contributed by atoms with Gasteiger partial charge in [0.05, 0.1) is 6.61 Å². The van der Waals surface area contributed by atoms with Crippen LogP contribution in [0.3, 0.4) is 0 Å². The van der Waals surface area contributed by atoms with E-state index in [-0.39, 0.29) is 11.9 Å². The number of aryl methyl sites for hydroxylation is 1. The highest BCUT2D eigenvalue weighted by Gasteiger charge is 2.22. The van der Waals surface area contributed by atoms with Crippen molar-refractivity contribution in [2.24, 2.45) is 0 Å². The molecule has 7 nitrogen and oxygen atoms in total. The van der Waals surface area contributed by atoms with E-state index in [1.54, 1.807) is 0 Å². The number of amides is 2. The molecule has 1 saturated heterocycles. The molecule has 2 aliphatic heterocycles. The van der Waals surface area contributed by atoms with Crippen LogP contribution in [-0.2, 0) is 11.2 Å². The first-order chi connectivity index (χ1) is 11.1. The summed E-state index contributed by atoms with van der Waals surface area (Å²) in [5.41, 5.74) is 1.95. The van der Waals surface area contributed by atoms with Crippen molar-refractivity contribution < 1.29 is 19.4 Å². The van der Waals surface area contributed by atoms with E-state index < -0.39 is 6.09 Å². The third-order valence-corrected chi connectivity index (χ3v) is 4.24. The fourth-order valence-corrected chi connectivity index (χ4v) is 2.95. The molecule has 0 saturated carbocycles. The van der Waals surface area contributed by atoms with E-state index in [4.69, 9.17) is 9.84 Å². The summed E-state index contributed by atoms with van der Waals surface area (Å²) in [6, 6.07) is 5.85. The predicted molar refractivity (Wildman–Crippen MR) is 84.9 cm³/mol. The molecule has 0 bridgehead atoms. The maximum atomic E-state index is 11.4. The van der Waals surface area contributed by atoms with E-state index >= 15 is 0 Å². The Morgan fingerprint density at radius 2 is 2.26 bits per heavy atom. The molecule has 1 aromatic carbocycles. The van der Waals surface area contributed by atoms with E-state index in [9.17, 15) is 9.59 Å².